The maximum absolute atomic E-state index is 11.8. The summed E-state index contributed by atoms with van der Waals surface area (Å²) in [7, 11) is -4.18. The largest absolute Gasteiger partial charge is 0.480 e. The second kappa shape index (κ2) is 27.6. The number of anilines is 2. The van der Waals surface area contributed by atoms with E-state index in [-0.39, 0.29) is 47.6 Å². The van der Waals surface area contributed by atoms with Crippen LogP contribution in [0.4, 0.5) is 11.4 Å². The molecule has 0 bridgehead atoms. The number of pyridine rings is 2. The van der Waals surface area contributed by atoms with E-state index in [9.17, 15) is 26.4 Å². The van der Waals surface area contributed by atoms with Gasteiger partial charge in [0.25, 0.3) is 0 Å². The smallest absolute Gasteiger partial charge is 0.328 e. The summed E-state index contributed by atoms with van der Waals surface area (Å²) in [5.74, 6) is 0.742. The molecular weight excluding hydrogens is 1180 g/mol. The summed E-state index contributed by atoms with van der Waals surface area (Å²) in [6.07, 6.45) is 17.9. The molecule has 2 fully saturated rings. The Morgan fingerprint density at radius 3 is 1.32 bits per heavy atom. The number of carboxylic acid groups (broad SMARTS) is 2. The zero-order valence-corrected chi connectivity index (χ0v) is 50.9. The molecule has 6 aromatic heterocycles. The number of methoxy groups -OCH3 is 2. The van der Waals surface area contributed by atoms with Gasteiger partial charge in [0.15, 0.2) is 0 Å². The average molecular weight is 1240 g/mol. The first-order valence-electron chi connectivity index (χ1n) is 27.5. The summed E-state index contributed by atoms with van der Waals surface area (Å²) in [5.41, 5.74) is 7.83. The summed E-state index contributed by atoms with van der Waals surface area (Å²) in [5, 5.41) is 33.1. The van der Waals surface area contributed by atoms with E-state index in [2.05, 4.69) is 87.3 Å². The lowest BCUT2D eigenvalue weighted by molar-refractivity contribution is -0.132. The average Bonchev–Trinajstić information content (AvgIpc) is 4.09. The van der Waals surface area contributed by atoms with Crippen molar-refractivity contribution in [2.45, 2.75) is 65.2 Å². The van der Waals surface area contributed by atoms with Crippen molar-refractivity contribution in [3.8, 4) is 56.9 Å². The molecule has 2 saturated heterocycles. The highest BCUT2D eigenvalue weighted by Crippen LogP contribution is 2.38. The van der Waals surface area contributed by atoms with E-state index in [1.165, 1.54) is 26.4 Å². The number of aromatic nitrogens is 8. The Labute approximate surface area is 506 Å². The molecule has 462 valence electrons. The molecule has 0 aliphatic carbocycles. The van der Waals surface area contributed by atoms with Gasteiger partial charge in [-0.05, 0) is 98.5 Å². The van der Waals surface area contributed by atoms with Crippen LogP contribution in [0.5, 0.6) is 11.8 Å². The molecule has 2 aliphatic rings. The fraction of sp³-hybridized carbons (Fsp3) is 0.300. The Morgan fingerprint density at radius 2 is 0.966 bits per heavy atom. The van der Waals surface area contributed by atoms with Gasteiger partial charge in [-0.15, -0.1) is 0 Å². The molecule has 3 aromatic carbocycles. The lowest BCUT2D eigenvalue weighted by atomic mass is 10.0. The van der Waals surface area contributed by atoms with Crippen molar-refractivity contribution in [3.63, 3.8) is 0 Å². The van der Waals surface area contributed by atoms with Crippen molar-refractivity contribution in [2.75, 3.05) is 62.4 Å². The topological polar surface area (TPSA) is 346 Å². The van der Waals surface area contributed by atoms with Crippen LogP contribution >= 0.6 is 0 Å². The number of oxazole rings is 2. The number of benzene rings is 3. The second-order valence-electron chi connectivity index (χ2n) is 21.2. The zero-order valence-electron chi connectivity index (χ0n) is 49.3. The van der Waals surface area contributed by atoms with Gasteiger partial charge in [0, 0.05) is 83.8 Å². The minimum atomic E-state index is -3.53. The Balaban J connectivity index is 0.000000169. The third-order valence-corrected chi connectivity index (χ3v) is 14.8. The van der Waals surface area contributed by atoms with Gasteiger partial charge >= 0.3 is 11.9 Å². The predicted molar refractivity (Wildman–Crippen MR) is 330 cm³/mol. The van der Waals surface area contributed by atoms with E-state index in [4.69, 9.17) is 38.0 Å². The fourth-order valence-corrected chi connectivity index (χ4v) is 11.4. The SMILES string of the molecule is COc1ncc(-c2cc(-c3ncc(CN4C[C@@H](C)O[C@@H](C)C4)o3)c3cn[nH]c3c2)cc1NS(C)(=O)=O.COc1ncc(-c2cc(-c3ncc(CN4C[C@@H](C)O[C@@H](C)C4)o3)c3cn[nH]c3c2)cc1NS(C)(=O)=O.O=C(O)/C=C/c1ccccc1/C=C/C(=O)O. The van der Waals surface area contributed by atoms with Gasteiger partial charge in [-0.25, -0.2) is 46.4 Å². The normalized spacial score (nSPS) is 17.5. The molecule has 0 radical (unpaired) electrons. The van der Waals surface area contributed by atoms with E-state index in [1.807, 2.05) is 24.3 Å². The summed E-state index contributed by atoms with van der Waals surface area (Å²) in [4.78, 5) is 43.0. The summed E-state index contributed by atoms with van der Waals surface area (Å²) in [6, 6.07) is 18.0. The van der Waals surface area contributed by atoms with Crippen molar-refractivity contribution < 1.29 is 64.4 Å². The maximum atomic E-state index is 11.8. The zero-order chi connectivity index (χ0) is 62.9. The van der Waals surface area contributed by atoms with Gasteiger partial charge < -0.3 is 38.0 Å². The van der Waals surface area contributed by atoms with Crippen LogP contribution in [0.15, 0.2) is 119 Å². The number of morpholine rings is 2. The van der Waals surface area contributed by atoms with E-state index in [0.29, 0.717) is 47.1 Å². The van der Waals surface area contributed by atoms with E-state index in [0.717, 1.165) is 106 Å². The highest BCUT2D eigenvalue weighted by Gasteiger charge is 2.26. The molecule has 0 unspecified atom stereocenters. The van der Waals surface area contributed by atoms with Gasteiger partial charge in [0.1, 0.15) is 22.9 Å². The second-order valence-corrected chi connectivity index (χ2v) is 24.7. The minimum Gasteiger partial charge on any atom is -0.480 e. The van der Waals surface area contributed by atoms with E-state index in [1.54, 1.807) is 73.6 Å². The quantitative estimate of drug-likeness (QED) is 0.0439. The first kappa shape index (κ1) is 63.2. The molecule has 8 heterocycles. The molecule has 9 aromatic rings. The van der Waals surface area contributed by atoms with E-state index >= 15 is 0 Å². The number of carboxylic acids is 2. The van der Waals surface area contributed by atoms with Gasteiger partial charge in [-0.1, -0.05) is 24.3 Å². The number of hydrogen-bond acceptors (Lipinski definition) is 20. The molecule has 28 heteroatoms. The molecule has 26 nitrogen and oxygen atoms in total. The number of aliphatic carboxylic acids is 2. The van der Waals surface area contributed by atoms with Crippen LogP contribution in [0.3, 0.4) is 0 Å². The third kappa shape index (κ3) is 16.8. The number of nitrogens with one attached hydrogen (secondary N) is 4. The van der Waals surface area contributed by atoms with Gasteiger partial charge in [0.2, 0.25) is 43.6 Å². The molecule has 0 saturated carbocycles. The molecule has 0 amide bonds. The molecule has 88 heavy (non-hydrogen) atoms. The molecular formula is C60H66N12O14S2. The van der Waals surface area contributed by atoms with Crippen molar-refractivity contribution in [3.05, 3.63) is 133 Å². The number of aromatic amines is 2. The summed E-state index contributed by atoms with van der Waals surface area (Å²) >= 11 is 0. The molecule has 4 atom stereocenters. The van der Waals surface area contributed by atoms with Gasteiger partial charge in [0.05, 0.1) is 100 Å². The summed E-state index contributed by atoms with van der Waals surface area (Å²) in [6.45, 7) is 12.9. The van der Waals surface area contributed by atoms with Crippen LogP contribution in [-0.4, -0.2) is 166 Å². The highest BCUT2D eigenvalue weighted by molar-refractivity contribution is 7.92. The van der Waals surface area contributed by atoms with Gasteiger partial charge in [-0.2, -0.15) is 10.2 Å². The number of ether oxygens (including phenoxy) is 4. The Kier molecular flexibility index (Phi) is 19.8. The third-order valence-electron chi connectivity index (χ3n) is 13.6. The van der Waals surface area contributed by atoms with Crippen LogP contribution in [0.25, 0.3) is 79.1 Å². The highest BCUT2D eigenvalue weighted by atomic mass is 32.2. The van der Waals surface area contributed by atoms with Gasteiger partial charge in [-0.3, -0.25) is 29.4 Å². The van der Waals surface area contributed by atoms with Crippen LogP contribution < -0.4 is 18.9 Å². The lowest BCUT2D eigenvalue weighted by Gasteiger charge is -2.34. The molecule has 2 aliphatic heterocycles. The van der Waals surface area contributed by atoms with Crippen LogP contribution in [0.2, 0.25) is 0 Å². The first-order valence-corrected chi connectivity index (χ1v) is 31.3. The number of H-pyrrole nitrogens is 2. The summed E-state index contributed by atoms with van der Waals surface area (Å²) < 4.78 is 86.7. The van der Waals surface area contributed by atoms with Crippen molar-refractivity contribution in [1.29, 1.82) is 0 Å². The number of hydrogen-bond donors (Lipinski definition) is 6. The Bertz CT molecular complexity index is 3970. The molecule has 11 rings (SSSR count). The van der Waals surface area contributed by atoms with Crippen LogP contribution in [-0.2, 0) is 52.2 Å². The van der Waals surface area contributed by atoms with Crippen molar-refractivity contribution >= 4 is 77.3 Å². The Morgan fingerprint density at radius 1 is 0.580 bits per heavy atom. The monoisotopic (exact) mass is 1240 g/mol. The lowest BCUT2D eigenvalue weighted by Crippen LogP contribution is -2.44. The fourth-order valence-electron chi connectivity index (χ4n) is 10.3. The number of sulfonamides is 2. The predicted octanol–water partition coefficient (Wildman–Crippen LogP) is 8.42. The number of nitrogens with zero attached hydrogens (tertiary/aromatic N) is 8. The standard InChI is InChI=1S/2C24H28N6O5S.C12H10O4/c2*1-14-11-30(12-15(2)34-14)13-18-9-26-23(35-18)19-5-16(6-21-20(19)10-27-28-21)17-7-22(29-36(4,31)32)24(33-3)25-8-17;13-11(14)7-5-9-3-1-2-4-10(9)6-8-12(15)16/h2*5-10,14-15,29H,11-13H2,1-4H3,(H,27,28);1-8H,(H,13,14)(H,15,16)/b;;7-5+,8-6+/t2*14-,15+;. The van der Waals surface area contributed by atoms with Crippen molar-refractivity contribution in [2.24, 2.45) is 0 Å². The Hall–Kier alpha value is -9.32. The maximum Gasteiger partial charge on any atom is 0.328 e. The van der Waals surface area contributed by atoms with E-state index < -0.39 is 32.0 Å². The number of carbonyl (C=O) groups is 2. The van der Waals surface area contributed by atoms with Crippen molar-refractivity contribution in [1.82, 2.24) is 50.1 Å². The first-order chi connectivity index (χ1) is 42.0. The molecule has 0 spiro atoms. The molecule has 6 N–H and O–H groups in total. The number of rotatable bonds is 18. The van der Waals surface area contributed by atoms with Crippen LogP contribution in [0.1, 0.15) is 50.3 Å². The minimum absolute atomic E-state index is 0.165. The van der Waals surface area contributed by atoms with Crippen LogP contribution in [0, 0.1) is 0 Å². The number of fused-ring (bicyclic) bond motifs is 2.